The third-order valence-corrected chi connectivity index (χ3v) is 3.76. The molecule has 1 amide bonds. The van der Waals surface area contributed by atoms with Gasteiger partial charge in [-0.2, -0.15) is 5.26 Å². The predicted molar refractivity (Wildman–Crippen MR) is 82.5 cm³/mol. The van der Waals surface area contributed by atoms with Crippen molar-refractivity contribution in [1.82, 2.24) is 5.32 Å². The minimum atomic E-state index is -0.692. The minimum Gasteiger partial charge on any atom is -0.444 e. The molecule has 2 atom stereocenters. The van der Waals surface area contributed by atoms with Crippen LogP contribution >= 0.6 is 0 Å². The number of hydrogen-bond donors (Lipinski definition) is 2. The van der Waals surface area contributed by atoms with Gasteiger partial charge < -0.3 is 15.2 Å². The molecule has 1 aliphatic carbocycles. The Morgan fingerprint density at radius 2 is 2.27 bits per heavy atom. The van der Waals surface area contributed by atoms with E-state index in [-0.39, 0.29) is 12.5 Å². The maximum atomic E-state index is 11.6. The number of aliphatic hydroxyl groups is 1. The zero-order chi connectivity index (χ0) is 16.3. The van der Waals surface area contributed by atoms with Crippen molar-refractivity contribution in [2.45, 2.75) is 51.2 Å². The lowest BCUT2D eigenvalue weighted by Gasteiger charge is -2.23. The second kappa shape index (κ2) is 6.37. The van der Waals surface area contributed by atoms with E-state index in [0.29, 0.717) is 5.56 Å². The summed E-state index contributed by atoms with van der Waals surface area (Å²) in [7, 11) is 0. The van der Waals surface area contributed by atoms with E-state index in [4.69, 9.17) is 10.00 Å². The SMILES string of the molecule is CC(C)(C)OC(=O)NC[C@@H](O)C1CCc2c(C#N)cccc21. The molecule has 0 bridgehead atoms. The first kappa shape index (κ1) is 16.3. The number of carbonyl (C=O) groups excluding carboxylic acids is 1. The molecule has 0 radical (unpaired) electrons. The average Bonchev–Trinajstić information content (AvgIpc) is 2.86. The molecule has 22 heavy (non-hydrogen) atoms. The predicted octanol–water partition coefficient (Wildman–Crippen LogP) is 2.47. The van der Waals surface area contributed by atoms with Crippen molar-refractivity contribution in [3.8, 4) is 6.07 Å². The number of fused-ring (bicyclic) bond motifs is 1. The summed E-state index contributed by atoms with van der Waals surface area (Å²) in [6.45, 7) is 5.51. The summed E-state index contributed by atoms with van der Waals surface area (Å²) in [6, 6.07) is 7.78. The number of hydrogen-bond acceptors (Lipinski definition) is 4. The number of aliphatic hydroxyl groups excluding tert-OH is 1. The minimum absolute atomic E-state index is 0.0572. The van der Waals surface area contributed by atoms with Gasteiger partial charge in [-0.25, -0.2) is 4.79 Å². The number of nitrogens with one attached hydrogen (secondary N) is 1. The fourth-order valence-electron chi connectivity index (χ4n) is 2.84. The largest absolute Gasteiger partial charge is 0.444 e. The monoisotopic (exact) mass is 302 g/mol. The fourth-order valence-corrected chi connectivity index (χ4v) is 2.84. The van der Waals surface area contributed by atoms with E-state index in [2.05, 4.69) is 11.4 Å². The highest BCUT2D eigenvalue weighted by molar-refractivity contribution is 5.67. The molecule has 0 saturated heterocycles. The number of ether oxygens (including phenoxy) is 1. The summed E-state index contributed by atoms with van der Waals surface area (Å²) >= 11 is 0. The number of nitriles is 1. The molecule has 1 unspecified atom stereocenters. The molecule has 0 spiro atoms. The molecule has 118 valence electrons. The molecule has 5 heteroatoms. The van der Waals surface area contributed by atoms with Crippen molar-refractivity contribution in [2.24, 2.45) is 0 Å². The Bertz CT molecular complexity index is 599. The topological polar surface area (TPSA) is 82.3 Å². The summed E-state index contributed by atoms with van der Waals surface area (Å²) in [4.78, 5) is 11.6. The summed E-state index contributed by atoms with van der Waals surface area (Å²) in [6.07, 6.45) is 0.344. The molecule has 1 aromatic carbocycles. The Morgan fingerprint density at radius 3 is 2.91 bits per heavy atom. The van der Waals surface area contributed by atoms with Crippen LogP contribution in [-0.4, -0.2) is 29.4 Å². The van der Waals surface area contributed by atoms with E-state index in [0.717, 1.165) is 24.0 Å². The first-order chi connectivity index (χ1) is 10.3. The Labute approximate surface area is 130 Å². The standard InChI is InChI=1S/C17H22N2O3/c1-17(2,3)22-16(21)19-10-15(20)14-8-7-12-11(9-18)5-4-6-13(12)14/h4-6,14-15,20H,7-8,10H2,1-3H3,(H,19,21)/t14?,15-/m1/s1. The van der Waals surface area contributed by atoms with Crippen LogP contribution in [0.25, 0.3) is 0 Å². The number of nitrogens with zero attached hydrogens (tertiary/aromatic N) is 1. The molecule has 5 nitrogen and oxygen atoms in total. The molecule has 0 saturated carbocycles. The van der Waals surface area contributed by atoms with Gasteiger partial charge in [0.2, 0.25) is 0 Å². The second-order valence-electron chi connectivity index (χ2n) is 6.58. The molecule has 0 aromatic heterocycles. The summed E-state index contributed by atoms with van der Waals surface area (Å²) in [5.74, 6) is -0.0572. The van der Waals surface area contributed by atoms with E-state index < -0.39 is 17.8 Å². The molecule has 1 aromatic rings. The van der Waals surface area contributed by atoms with Crippen LogP contribution in [0, 0.1) is 11.3 Å². The van der Waals surface area contributed by atoms with Gasteiger partial charge in [0.05, 0.1) is 17.7 Å². The van der Waals surface area contributed by atoms with Crippen molar-refractivity contribution < 1.29 is 14.6 Å². The van der Waals surface area contributed by atoms with Gasteiger partial charge >= 0.3 is 6.09 Å². The number of rotatable bonds is 3. The van der Waals surface area contributed by atoms with Crippen LogP contribution in [0.15, 0.2) is 18.2 Å². The van der Waals surface area contributed by atoms with Gasteiger partial charge in [-0.05, 0) is 50.8 Å². The zero-order valence-corrected chi connectivity index (χ0v) is 13.2. The third kappa shape index (κ3) is 3.77. The van der Waals surface area contributed by atoms with E-state index in [9.17, 15) is 9.90 Å². The molecule has 0 heterocycles. The van der Waals surface area contributed by atoms with E-state index in [1.807, 2.05) is 12.1 Å². The Balaban J connectivity index is 1.98. The van der Waals surface area contributed by atoms with Gasteiger partial charge in [-0.3, -0.25) is 0 Å². The number of alkyl carbamates (subject to hydrolysis) is 1. The van der Waals surface area contributed by atoms with Gasteiger partial charge in [0.1, 0.15) is 5.60 Å². The Kier molecular flexibility index (Phi) is 4.72. The zero-order valence-electron chi connectivity index (χ0n) is 13.2. The van der Waals surface area contributed by atoms with Crippen LogP contribution < -0.4 is 5.32 Å². The third-order valence-electron chi connectivity index (χ3n) is 3.76. The summed E-state index contributed by atoms with van der Waals surface area (Å²) in [5.41, 5.74) is 2.15. The van der Waals surface area contributed by atoms with Crippen LogP contribution in [0.4, 0.5) is 4.79 Å². The molecular weight excluding hydrogens is 280 g/mol. The summed E-state index contributed by atoms with van der Waals surface area (Å²) < 4.78 is 5.15. The van der Waals surface area contributed by atoms with Gasteiger partial charge in [-0.15, -0.1) is 0 Å². The van der Waals surface area contributed by atoms with Gasteiger partial charge in [0, 0.05) is 12.5 Å². The van der Waals surface area contributed by atoms with Crippen molar-refractivity contribution in [1.29, 1.82) is 5.26 Å². The molecule has 2 N–H and O–H groups in total. The lowest BCUT2D eigenvalue weighted by Crippen LogP contribution is -2.38. The van der Waals surface area contributed by atoms with Crippen LogP contribution in [-0.2, 0) is 11.2 Å². The molecular formula is C17H22N2O3. The van der Waals surface area contributed by atoms with E-state index in [1.54, 1.807) is 26.8 Å². The van der Waals surface area contributed by atoms with Gasteiger partial charge in [-0.1, -0.05) is 12.1 Å². The second-order valence-corrected chi connectivity index (χ2v) is 6.58. The van der Waals surface area contributed by atoms with E-state index in [1.165, 1.54) is 0 Å². The number of benzene rings is 1. The smallest absolute Gasteiger partial charge is 0.407 e. The molecule has 1 aliphatic rings. The quantitative estimate of drug-likeness (QED) is 0.898. The van der Waals surface area contributed by atoms with Gasteiger partial charge in [0.25, 0.3) is 0 Å². The van der Waals surface area contributed by atoms with Gasteiger partial charge in [0.15, 0.2) is 0 Å². The number of carbonyl (C=O) groups is 1. The number of amides is 1. The maximum Gasteiger partial charge on any atom is 0.407 e. The van der Waals surface area contributed by atoms with Crippen LogP contribution in [0.3, 0.4) is 0 Å². The van der Waals surface area contributed by atoms with E-state index >= 15 is 0 Å². The van der Waals surface area contributed by atoms with Crippen molar-refractivity contribution in [2.75, 3.05) is 6.54 Å². The highest BCUT2D eigenvalue weighted by atomic mass is 16.6. The van der Waals surface area contributed by atoms with Crippen LogP contribution in [0.2, 0.25) is 0 Å². The lowest BCUT2D eigenvalue weighted by atomic mass is 9.94. The highest BCUT2D eigenvalue weighted by Gasteiger charge is 2.30. The Morgan fingerprint density at radius 1 is 1.55 bits per heavy atom. The molecule has 2 rings (SSSR count). The Hall–Kier alpha value is -2.06. The van der Waals surface area contributed by atoms with Crippen molar-refractivity contribution in [3.63, 3.8) is 0 Å². The fraction of sp³-hybridized carbons (Fsp3) is 0.529. The van der Waals surface area contributed by atoms with Crippen LogP contribution in [0.5, 0.6) is 0 Å². The normalized spacial score (nSPS) is 18.2. The first-order valence-electron chi connectivity index (χ1n) is 7.48. The van der Waals surface area contributed by atoms with Crippen LogP contribution in [0.1, 0.15) is 49.8 Å². The summed E-state index contributed by atoms with van der Waals surface area (Å²) in [5, 5.41) is 22.1. The average molecular weight is 302 g/mol. The van der Waals surface area contributed by atoms with Crippen molar-refractivity contribution in [3.05, 3.63) is 34.9 Å². The molecule has 0 aliphatic heterocycles. The van der Waals surface area contributed by atoms with Crippen molar-refractivity contribution >= 4 is 6.09 Å². The molecule has 0 fully saturated rings. The highest BCUT2D eigenvalue weighted by Crippen LogP contribution is 2.36. The maximum absolute atomic E-state index is 11.6. The lowest BCUT2D eigenvalue weighted by molar-refractivity contribution is 0.0479. The first-order valence-corrected chi connectivity index (χ1v) is 7.48.